The van der Waals surface area contributed by atoms with Crippen LogP contribution in [0.3, 0.4) is 0 Å². The van der Waals surface area contributed by atoms with Crippen LogP contribution in [0.15, 0.2) is 53.7 Å². The largest absolute Gasteiger partial charge is 0.390 e. The van der Waals surface area contributed by atoms with Gasteiger partial charge in [0.1, 0.15) is 5.82 Å². The number of oxime groups is 1. The molecule has 0 unspecified atom stereocenters. The van der Waals surface area contributed by atoms with Gasteiger partial charge in [0.15, 0.2) is 6.10 Å². The minimum atomic E-state index is -0.303. The Labute approximate surface area is 159 Å². The highest BCUT2D eigenvalue weighted by molar-refractivity contribution is 6.02. The predicted molar refractivity (Wildman–Crippen MR) is 104 cm³/mol. The Balaban J connectivity index is 1.71. The molecule has 5 heteroatoms. The number of nitrogens with zero attached hydrogens (tertiary/aromatic N) is 2. The summed E-state index contributed by atoms with van der Waals surface area (Å²) in [6.45, 7) is 6.34. The summed E-state index contributed by atoms with van der Waals surface area (Å²) in [5.74, 6) is -0.496. The topological polar surface area (TPSA) is 41.9 Å². The first-order chi connectivity index (χ1) is 13.0. The van der Waals surface area contributed by atoms with Gasteiger partial charge in [-0.2, -0.15) is 0 Å². The Morgan fingerprint density at radius 2 is 1.93 bits per heavy atom. The standard InChI is InChI=1S/C22H25FN2O2/c1-15(2)22(26)25(13-17-9-5-7-11-20(17)23)14-18-12-21(24-27-18)19-10-6-4-8-16(19)3/h4-11,15,18H,12-14H2,1-3H3/t18-/m1/s1. The van der Waals surface area contributed by atoms with Crippen LogP contribution < -0.4 is 0 Å². The van der Waals surface area contributed by atoms with E-state index in [1.807, 2.05) is 45.0 Å². The fraction of sp³-hybridized carbons (Fsp3) is 0.364. The molecule has 0 aliphatic carbocycles. The summed E-state index contributed by atoms with van der Waals surface area (Å²) in [6.07, 6.45) is 0.401. The van der Waals surface area contributed by atoms with E-state index in [-0.39, 0.29) is 30.3 Å². The highest BCUT2D eigenvalue weighted by Gasteiger charge is 2.28. The zero-order valence-corrected chi connectivity index (χ0v) is 16.0. The van der Waals surface area contributed by atoms with Crippen molar-refractivity contribution >= 4 is 11.6 Å². The molecule has 1 aliphatic rings. The van der Waals surface area contributed by atoms with Crippen molar-refractivity contribution in [2.24, 2.45) is 11.1 Å². The number of rotatable bonds is 6. The third-order valence-electron chi connectivity index (χ3n) is 4.74. The molecule has 142 valence electrons. The molecule has 0 fully saturated rings. The Bertz CT molecular complexity index is 848. The highest BCUT2D eigenvalue weighted by Crippen LogP contribution is 2.22. The molecule has 0 aromatic heterocycles. The summed E-state index contributed by atoms with van der Waals surface area (Å²) < 4.78 is 14.1. The second-order valence-electron chi connectivity index (χ2n) is 7.25. The van der Waals surface area contributed by atoms with E-state index in [1.54, 1.807) is 23.1 Å². The lowest BCUT2D eigenvalue weighted by Crippen LogP contribution is -2.39. The average Bonchev–Trinajstić information content (AvgIpc) is 3.11. The Morgan fingerprint density at radius 3 is 2.63 bits per heavy atom. The Hall–Kier alpha value is -2.69. The number of hydrogen-bond donors (Lipinski definition) is 0. The molecule has 1 heterocycles. The third kappa shape index (κ3) is 4.54. The maximum absolute atomic E-state index is 14.1. The van der Waals surface area contributed by atoms with E-state index in [2.05, 4.69) is 5.16 Å². The summed E-state index contributed by atoms with van der Waals surface area (Å²) >= 11 is 0. The molecule has 2 aromatic rings. The second kappa shape index (κ2) is 8.33. The molecule has 0 spiro atoms. The van der Waals surface area contributed by atoms with Crippen molar-refractivity contribution < 1.29 is 14.0 Å². The van der Waals surface area contributed by atoms with Crippen LogP contribution in [0.2, 0.25) is 0 Å². The van der Waals surface area contributed by atoms with Gasteiger partial charge in [0.25, 0.3) is 0 Å². The van der Waals surface area contributed by atoms with E-state index >= 15 is 0 Å². The van der Waals surface area contributed by atoms with Crippen molar-refractivity contribution in [1.82, 2.24) is 4.90 Å². The number of carbonyl (C=O) groups excluding carboxylic acids is 1. The van der Waals surface area contributed by atoms with Gasteiger partial charge in [-0.1, -0.05) is 61.5 Å². The van der Waals surface area contributed by atoms with E-state index in [1.165, 1.54) is 6.07 Å². The molecule has 27 heavy (non-hydrogen) atoms. The molecule has 1 atom stereocenters. The Kier molecular flexibility index (Phi) is 5.89. The van der Waals surface area contributed by atoms with Crippen molar-refractivity contribution in [3.8, 4) is 0 Å². The van der Waals surface area contributed by atoms with Gasteiger partial charge >= 0.3 is 0 Å². The van der Waals surface area contributed by atoms with E-state index in [0.717, 1.165) is 16.8 Å². The van der Waals surface area contributed by atoms with Gasteiger partial charge in [-0.15, -0.1) is 0 Å². The summed E-state index contributed by atoms with van der Waals surface area (Å²) in [5.41, 5.74) is 3.60. The minimum absolute atomic E-state index is 0.0220. The molecule has 1 amide bonds. The summed E-state index contributed by atoms with van der Waals surface area (Å²) in [7, 11) is 0. The van der Waals surface area contributed by atoms with E-state index in [0.29, 0.717) is 18.5 Å². The summed E-state index contributed by atoms with van der Waals surface area (Å²) in [5, 5.41) is 4.23. The van der Waals surface area contributed by atoms with Crippen LogP contribution in [0.1, 0.15) is 37.0 Å². The van der Waals surface area contributed by atoms with Crippen LogP contribution in [-0.2, 0) is 16.2 Å². The van der Waals surface area contributed by atoms with Crippen molar-refractivity contribution in [3.63, 3.8) is 0 Å². The first-order valence-corrected chi connectivity index (χ1v) is 9.26. The van der Waals surface area contributed by atoms with Gasteiger partial charge in [-0.05, 0) is 18.6 Å². The number of carbonyl (C=O) groups is 1. The zero-order chi connectivity index (χ0) is 19.4. The fourth-order valence-corrected chi connectivity index (χ4v) is 3.26. The number of aryl methyl sites for hydroxylation is 1. The van der Waals surface area contributed by atoms with Crippen molar-refractivity contribution in [1.29, 1.82) is 0 Å². The molecule has 1 aliphatic heterocycles. The lowest BCUT2D eigenvalue weighted by atomic mass is 10.00. The van der Waals surface area contributed by atoms with Gasteiger partial charge in [-0.3, -0.25) is 4.79 Å². The predicted octanol–water partition coefficient (Wildman–Crippen LogP) is 4.31. The highest BCUT2D eigenvalue weighted by atomic mass is 19.1. The van der Waals surface area contributed by atoms with Crippen molar-refractivity contribution in [2.75, 3.05) is 6.54 Å². The van der Waals surface area contributed by atoms with Gasteiger partial charge in [0.2, 0.25) is 5.91 Å². The molecule has 0 bridgehead atoms. The summed E-state index contributed by atoms with van der Waals surface area (Å²) in [4.78, 5) is 19.9. The number of hydrogen-bond acceptors (Lipinski definition) is 3. The molecule has 0 saturated heterocycles. The second-order valence-corrected chi connectivity index (χ2v) is 7.25. The SMILES string of the molecule is Cc1ccccc1C1=NO[C@@H](CN(Cc2ccccc2F)C(=O)C(C)C)C1. The number of halogens is 1. The minimum Gasteiger partial charge on any atom is -0.390 e. The Morgan fingerprint density at radius 1 is 1.22 bits per heavy atom. The number of benzene rings is 2. The molecule has 4 nitrogen and oxygen atoms in total. The molecule has 0 N–H and O–H groups in total. The van der Waals surface area contributed by atoms with Gasteiger partial charge < -0.3 is 9.74 Å². The van der Waals surface area contributed by atoms with Crippen LogP contribution in [0.25, 0.3) is 0 Å². The normalized spacial score (nSPS) is 16.2. The maximum atomic E-state index is 14.1. The average molecular weight is 368 g/mol. The molecular weight excluding hydrogens is 343 g/mol. The molecule has 2 aromatic carbocycles. The van der Waals surface area contributed by atoms with Crippen LogP contribution in [-0.4, -0.2) is 29.2 Å². The maximum Gasteiger partial charge on any atom is 0.225 e. The zero-order valence-electron chi connectivity index (χ0n) is 16.0. The van der Waals surface area contributed by atoms with Crippen molar-refractivity contribution in [3.05, 3.63) is 71.0 Å². The molecule has 0 saturated carbocycles. The number of amides is 1. The van der Waals surface area contributed by atoms with Gasteiger partial charge in [0, 0.05) is 30.0 Å². The van der Waals surface area contributed by atoms with Crippen LogP contribution >= 0.6 is 0 Å². The van der Waals surface area contributed by atoms with E-state index in [4.69, 9.17) is 4.84 Å². The van der Waals surface area contributed by atoms with Crippen LogP contribution in [0, 0.1) is 18.7 Å². The quantitative estimate of drug-likeness (QED) is 0.762. The lowest BCUT2D eigenvalue weighted by molar-refractivity contribution is -0.137. The molecular formula is C22H25FN2O2. The molecule has 3 rings (SSSR count). The smallest absolute Gasteiger partial charge is 0.225 e. The fourth-order valence-electron chi connectivity index (χ4n) is 3.26. The first-order valence-electron chi connectivity index (χ1n) is 9.26. The summed E-state index contributed by atoms with van der Waals surface area (Å²) in [6, 6.07) is 14.6. The van der Waals surface area contributed by atoms with Crippen LogP contribution in [0.5, 0.6) is 0 Å². The monoisotopic (exact) mass is 368 g/mol. The third-order valence-corrected chi connectivity index (χ3v) is 4.74. The van der Waals surface area contributed by atoms with Gasteiger partial charge in [0.05, 0.1) is 12.3 Å². The van der Waals surface area contributed by atoms with E-state index < -0.39 is 0 Å². The van der Waals surface area contributed by atoms with Crippen molar-refractivity contribution in [2.45, 2.75) is 39.8 Å². The molecule has 0 radical (unpaired) electrons. The first kappa shape index (κ1) is 19.1. The lowest BCUT2D eigenvalue weighted by Gasteiger charge is -2.26. The van der Waals surface area contributed by atoms with Gasteiger partial charge in [-0.25, -0.2) is 4.39 Å². The van der Waals surface area contributed by atoms with Crippen LogP contribution in [0.4, 0.5) is 4.39 Å². The van der Waals surface area contributed by atoms with E-state index in [9.17, 15) is 9.18 Å².